The molecule has 180 valence electrons. The highest BCUT2D eigenvalue weighted by Gasteiger charge is 2.73. The van der Waals surface area contributed by atoms with Crippen LogP contribution in [0.4, 0.5) is 26.3 Å². The fraction of sp³-hybridized carbons (Fsp3) is 0.952. The molecule has 0 rings (SSSR count). The van der Waals surface area contributed by atoms with Crippen LogP contribution in [0.15, 0.2) is 0 Å². The summed E-state index contributed by atoms with van der Waals surface area (Å²) in [7, 11) is 0. The van der Waals surface area contributed by atoms with Crippen molar-refractivity contribution in [2.75, 3.05) is 0 Å². The summed E-state index contributed by atoms with van der Waals surface area (Å²) in [6.45, 7) is 2.17. The molecule has 0 aliphatic carbocycles. The second-order valence-corrected chi connectivity index (χ2v) is 8.63. The molecule has 0 aromatic heterocycles. The minimum absolute atomic E-state index is 0.0794. The van der Waals surface area contributed by atoms with E-state index >= 15 is 0 Å². The van der Waals surface area contributed by atoms with Gasteiger partial charge >= 0.3 is 18.3 Å². The zero-order valence-electron chi connectivity index (χ0n) is 17.7. The van der Waals surface area contributed by atoms with Gasteiger partial charge in [-0.25, -0.2) is 0 Å². The number of unbranched alkanes of at least 4 members (excludes halogenated alkanes) is 12. The second-order valence-electron chi connectivity index (χ2n) is 8.03. The third-order valence-corrected chi connectivity index (χ3v) is 6.20. The third kappa shape index (κ3) is 10.6. The molecule has 1 unspecified atom stereocenters. The van der Waals surface area contributed by atoms with Crippen molar-refractivity contribution in [3.05, 3.63) is 0 Å². The zero-order valence-corrected chi connectivity index (χ0v) is 18.4. The Labute approximate surface area is 180 Å². The Balaban J connectivity index is 4.28. The number of carboxylic acids is 1. The molecule has 2 nitrogen and oxygen atoms in total. The van der Waals surface area contributed by atoms with E-state index in [4.69, 9.17) is 16.7 Å². The third-order valence-electron chi connectivity index (χ3n) is 5.46. The predicted octanol–water partition coefficient (Wildman–Crippen LogP) is 8.66. The molecule has 0 saturated carbocycles. The first-order chi connectivity index (χ1) is 13.9. The van der Waals surface area contributed by atoms with E-state index in [0.29, 0.717) is 12.8 Å². The quantitative estimate of drug-likeness (QED) is 0.132. The molecular weight excluding hydrogens is 434 g/mol. The van der Waals surface area contributed by atoms with E-state index in [1.54, 1.807) is 0 Å². The van der Waals surface area contributed by atoms with E-state index in [1.807, 2.05) is 0 Å². The Bertz CT molecular complexity index is 451. The van der Waals surface area contributed by atoms with Crippen molar-refractivity contribution in [3.63, 3.8) is 0 Å². The lowest BCUT2D eigenvalue weighted by atomic mass is 9.83. The molecule has 0 aliphatic rings. The van der Waals surface area contributed by atoms with Crippen LogP contribution < -0.4 is 0 Å². The molecule has 0 aromatic carbocycles. The average molecular weight is 469 g/mol. The van der Waals surface area contributed by atoms with Gasteiger partial charge in [0.25, 0.3) is 0 Å². The Morgan fingerprint density at radius 2 is 1.07 bits per heavy atom. The van der Waals surface area contributed by atoms with Crippen LogP contribution in [0.1, 0.15) is 103 Å². The summed E-state index contributed by atoms with van der Waals surface area (Å²) in [5.74, 6) is -3.99. The van der Waals surface area contributed by atoms with E-state index in [2.05, 4.69) is 6.92 Å². The molecule has 9 heteroatoms. The van der Waals surface area contributed by atoms with Gasteiger partial charge in [-0.05, 0) is 6.42 Å². The van der Waals surface area contributed by atoms with Gasteiger partial charge in [-0.1, -0.05) is 102 Å². The largest absolute Gasteiger partial charge is 0.481 e. The second kappa shape index (κ2) is 14.4. The number of hydrogen-bond acceptors (Lipinski definition) is 1. The highest BCUT2D eigenvalue weighted by atomic mass is 35.5. The number of carboxylic acid groups (broad SMARTS) is 1. The summed E-state index contributed by atoms with van der Waals surface area (Å²) >= 11 is 5.04. The molecule has 0 saturated heterocycles. The molecule has 0 fully saturated rings. The number of alkyl halides is 7. The minimum atomic E-state index is -5.79. The molecule has 1 atom stereocenters. The standard InChI is InChI=1S/C21H35ClF6O2/c1-2-3-4-5-6-7-8-9-10-11-12-13-14-15-17(16-18(29)30)19(22,20(23,24)25)21(26,27)28/h17H,2-16H2,1H3,(H,29,30). The summed E-state index contributed by atoms with van der Waals surface area (Å²) in [6.07, 6.45) is -0.677. The summed E-state index contributed by atoms with van der Waals surface area (Å²) in [5.41, 5.74) is 0. The maximum Gasteiger partial charge on any atom is 0.416 e. The number of rotatable bonds is 17. The van der Waals surface area contributed by atoms with E-state index in [-0.39, 0.29) is 6.42 Å². The van der Waals surface area contributed by atoms with Crippen molar-refractivity contribution >= 4 is 17.6 Å². The number of carbonyl (C=O) groups is 1. The molecule has 30 heavy (non-hydrogen) atoms. The minimum Gasteiger partial charge on any atom is -0.481 e. The van der Waals surface area contributed by atoms with Crippen LogP contribution in [-0.4, -0.2) is 28.3 Å². The van der Waals surface area contributed by atoms with Crippen molar-refractivity contribution in [1.29, 1.82) is 0 Å². The van der Waals surface area contributed by atoms with E-state index in [9.17, 15) is 31.1 Å². The van der Waals surface area contributed by atoms with Crippen LogP contribution in [0.2, 0.25) is 0 Å². The normalized spacial score (nSPS) is 14.1. The molecule has 0 spiro atoms. The molecular formula is C21H35ClF6O2. The van der Waals surface area contributed by atoms with Gasteiger partial charge in [0.05, 0.1) is 6.42 Å². The van der Waals surface area contributed by atoms with Gasteiger partial charge in [-0.2, -0.15) is 26.3 Å². The molecule has 1 N–H and O–H groups in total. The molecule has 0 aliphatic heterocycles. The number of hydrogen-bond donors (Lipinski definition) is 1. The Hall–Kier alpha value is -0.660. The van der Waals surface area contributed by atoms with Crippen molar-refractivity contribution in [2.24, 2.45) is 5.92 Å². The Morgan fingerprint density at radius 1 is 0.733 bits per heavy atom. The highest BCUT2D eigenvalue weighted by Crippen LogP contribution is 2.54. The summed E-state index contributed by atoms with van der Waals surface area (Å²) in [6, 6.07) is 0. The Kier molecular flexibility index (Phi) is 14.1. The van der Waals surface area contributed by atoms with Crippen molar-refractivity contribution in [1.82, 2.24) is 0 Å². The van der Waals surface area contributed by atoms with E-state index in [1.165, 1.54) is 38.5 Å². The van der Waals surface area contributed by atoms with Crippen LogP contribution in [0, 0.1) is 5.92 Å². The first-order valence-electron chi connectivity index (χ1n) is 10.9. The molecule has 0 aromatic rings. The highest BCUT2D eigenvalue weighted by molar-refractivity contribution is 6.25. The summed E-state index contributed by atoms with van der Waals surface area (Å²) < 4.78 is 78.7. The SMILES string of the molecule is CCCCCCCCCCCCCCCC(CC(=O)O)C(Cl)(C(F)(F)F)C(F)(F)F. The monoisotopic (exact) mass is 468 g/mol. The topological polar surface area (TPSA) is 37.3 Å². The zero-order chi connectivity index (χ0) is 23.3. The van der Waals surface area contributed by atoms with Gasteiger partial charge in [0, 0.05) is 5.92 Å². The van der Waals surface area contributed by atoms with Crippen LogP contribution in [0.25, 0.3) is 0 Å². The average Bonchev–Trinajstić information content (AvgIpc) is 2.61. The number of aliphatic carboxylic acids is 1. The maximum atomic E-state index is 13.1. The first kappa shape index (κ1) is 29.3. The molecule has 0 heterocycles. The maximum absolute atomic E-state index is 13.1. The number of halogens is 7. The molecule has 0 bridgehead atoms. The fourth-order valence-corrected chi connectivity index (χ4v) is 3.87. The lowest BCUT2D eigenvalue weighted by Crippen LogP contribution is -2.57. The van der Waals surface area contributed by atoms with Gasteiger partial charge < -0.3 is 5.11 Å². The van der Waals surface area contributed by atoms with Gasteiger partial charge in [-0.15, -0.1) is 0 Å². The lowest BCUT2D eigenvalue weighted by Gasteiger charge is -2.37. The van der Waals surface area contributed by atoms with E-state index < -0.39 is 42.0 Å². The lowest BCUT2D eigenvalue weighted by molar-refractivity contribution is -0.282. The van der Waals surface area contributed by atoms with Gasteiger partial charge in [0.15, 0.2) is 0 Å². The van der Waals surface area contributed by atoms with Crippen LogP contribution in [0.5, 0.6) is 0 Å². The van der Waals surface area contributed by atoms with Gasteiger partial charge in [-0.3, -0.25) is 4.79 Å². The van der Waals surface area contributed by atoms with Gasteiger partial charge in [0.1, 0.15) is 0 Å². The van der Waals surface area contributed by atoms with E-state index in [0.717, 1.165) is 25.7 Å². The summed E-state index contributed by atoms with van der Waals surface area (Å²) in [5, 5.41) is 8.79. The Morgan fingerprint density at radius 3 is 1.37 bits per heavy atom. The first-order valence-corrected chi connectivity index (χ1v) is 11.3. The van der Waals surface area contributed by atoms with Crippen molar-refractivity contribution in [3.8, 4) is 0 Å². The predicted molar refractivity (Wildman–Crippen MR) is 107 cm³/mol. The van der Waals surface area contributed by atoms with Gasteiger partial charge in [0.2, 0.25) is 4.87 Å². The van der Waals surface area contributed by atoms with Crippen molar-refractivity contribution in [2.45, 2.75) is 120 Å². The summed E-state index contributed by atoms with van der Waals surface area (Å²) in [4.78, 5) is 6.30. The van der Waals surface area contributed by atoms with Crippen LogP contribution >= 0.6 is 11.6 Å². The van der Waals surface area contributed by atoms with Crippen LogP contribution in [0.3, 0.4) is 0 Å². The van der Waals surface area contributed by atoms with Crippen molar-refractivity contribution < 1.29 is 36.2 Å². The fourth-order valence-electron chi connectivity index (χ4n) is 3.68. The molecule has 0 radical (unpaired) electrons. The van der Waals surface area contributed by atoms with Crippen LogP contribution in [-0.2, 0) is 4.79 Å². The molecule has 0 amide bonds. The smallest absolute Gasteiger partial charge is 0.416 e.